The predicted octanol–water partition coefficient (Wildman–Crippen LogP) is 3.97. The van der Waals surface area contributed by atoms with E-state index in [9.17, 15) is 13.2 Å². The Bertz CT molecular complexity index is 631. The van der Waals surface area contributed by atoms with E-state index in [-0.39, 0.29) is 0 Å². The second-order valence-corrected chi connectivity index (χ2v) is 4.72. The minimum Gasteiger partial charge on any atom is -0.438 e. The predicted molar refractivity (Wildman–Crippen MR) is 73.1 cm³/mol. The molecule has 0 bridgehead atoms. The Morgan fingerprint density at radius 2 is 1.81 bits per heavy atom. The SMILES string of the molecule is Cc1cc(CN)cc(C)c1Oc1ncccc1C(F)(F)F. The van der Waals surface area contributed by atoms with Gasteiger partial charge in [0.25, 0.3) is 0 Å². The maximum absolute atomic E-state index is 12.9. The highest BCUT2D eigenvalue weighted by Crippen LogP contribution is 2.38. The fourth-order valence-electron chi connectivity index (χ4n) is 2.10. The van der Waals surface area contributed by atoms with E-state index in [0.717, 1.165) is 11.6 Å². The third-order valence-corrected chi connectivity index (χ3v) is 3.03. The Hall–Kier alpha value is -2.08. The molecule has 0 aliphatic heterocycles. The summed E-state index contributed by atoms with van der Waals surface area (Å²) < 4.78 is 44.2. The summed E-state index contributed by atoms with van der Waals surface area (Å²) in [5.41, 5.74) is 7.00. The van der Waals surface area contributed by atoms with Crippen molar-refractivity contribution >= 4 is 0 Å². The van der Waals surface area contributed by atoms with Crippen LogP contribution < -0.4 is 10.5 Å². The van der Waals surface area contributed by atoms with Crippen molar-refractivity contribution in [2.75, 3.05) is 0 Å². The van der Waals surface area contributed by atoms with Gasteiger partial charge in [-0.25, -0.2) is 4.98 Å². The molecule has 21 heavy (non-hydrogen) atoms. The molecule has 112 valence electrons. The second kappa shape index (κ2) is 5.73. The average Bonchev–Trinajstić information content (AvgIpc) is 2.42. The number of nitrogens with two attached hydrogens (primary N) is 1. The molecular formula is C15H15F3N2O. The first kappa shape index (κ1) is 15.3. The third kappa shape index (κ3) is 3.33. The summed E-state index contributed by atoms with van der Waals surface area (Å²) in [5, 5.41) is 0. The number of pyridine rings is 1. The largest absolute Gasteiger partial charge is 0.438 e. The highest BCUT2D eigenvalue weighted by molar-refractivity contribution is 5.46. The van der Waals surface area contributed by atoms with Gasteiger partial charge in [0.15, 0.2) is 0 Å². The highest BCUT2D eigenvalue weighted by atomic mass is 19.4. The van der Waals surface area contributed by atoms with Crippen LogP contribution in [0.15, 0.2) is 30.5 Å². The van der Waals surface area contributed by atoms with Crippen molar-refractivity contribution in [3.05, 3.63) is 52.7 Å². The van der Waals surface area contributed by atoms with Crippen LogP contribution >= 0.6 is 0 Å². The number of alkyl halides is 3. The van der Waals surface area contributed by atoms with Crippen LogP contribution in [0.25, 0.3) is 0 Å². The van der Waals surface area contributed by atoms with Crippen molar-refractivity contribution in [1.29, 1.82) is 0 Å². The summed E-state index contributed by atoms with van der Waals surface area (Å²) in [7, 11) is 0. The van der Waals surface area contributed by atoms with Gasteiger partial charge in [0.05, 0.1) is 0 Å². The molecule has 3 nitrogen and oxygen atoms in total. The molecule has 0 saturated heterocycles. The molecule has 0 atom stereocenters. The summed E-state index contributed by atoms with van der Waals surface area (Å²) in [6, 6.07) is 5.76. The van der Waals surface area contributed by atoms with Crippen LogP contribution in [0, 0.1) is 13.8 Å². The lowest BCUT2D eigenvalue weighted by atomic mass is 10.1. The molecule has 0 saturated carbocycles. The fourth-order valence-corrected chi connectivity index (χ4v) is 2.10. The van der Waals surface area contributed by atoms with Crippen molar-refractivity contribution in [1.82, 2.24) is 4.98 Å². The van der Waals surface area contributed by atoms with Gasteiger partial charge in [-0.15, -0.1) is 0 Å². The van der Waals surface area contributed by atoms with Crippen LogP contribution in [0.2, 0.25) is 0 Å². The van der Waals surface area contributed by atoms with Gasteiger partial charge in [-0.3, -0.25) is 0 Å². The quantitative estimate of drug-likeness (QED) is 0.932. The number of hydrogen-bond donors (Lipinski definition) is 1. The van der Waals surface area contributed by atoms with E-state index >= 15 is 0 Å². The number of ether oxygens (including phenoxy) is 1. The molecule has 0 radical (unpaired) electrons. The number of halogens is 3. The van der Waals surface area contributed by atoms with Crippen molar-refractivity contribution in [2.45, 2.75) is 26.6 Å². The van der Waals surface area contributed by atoms with Gasteiger partial charge < -0.3 is 10.5 Å². The summed E-state index contributed by atoms with van der Waals surface area (Å²) >= 11 is 0. The standard InChI is InChI=1S/C15H15F3N2O/c1-9-6-11(8-19)7-10(2)13(9)21-14-12(15(16,17)18)4-3-5-20-14/h3-7H,8,19H2,1-2H3. The van der Waals surface area contributed by atoms with Gasteiger partial charge in [-0.1, -0.05) is 12.1 Å². The number of benzene rings is 1. The Morgan fingerprint density at radius 1 is 1.19 bits per heavy atom. The zero-order chi connectivity index (χ0) is 15.6. The molecule has 2 N–H and O–H groups in total. The molecule has 0 amide bonds. The van der Waals surface area contributed by atoms with E-state index in [1.54, 1.807) is 26.0 Å². The number of rotatable bonds is 3. The zero-order valence-corrected chi connectivity index (χ0v) is 11.7. The minimum absolute atomic E-state index is 0.360. The molecule has 1 heterocycles. The van der Waals surface area contributed by atoms with E-state index in [1.807, 2.05) is 0 Å². The van der Waals surface area contributed by atoms with E-state index in [2.05, 4.69) is 4.98 Å². The highest BCUT2D eigenvalue weighted by Gasteiger charge is 2.35. The van der Waals surface area contributed by atoms with Crippen LogP contribution in [-0.4, -0.2) is 4.98 Å². The van der Waals surface area contributed by atoms with Crippen LogP contribution in [0.1, 0.15) is 22.3 Å². The molecule has 0 fully saturated rings. The Labute approximate surface area is 120 Å². The van der Waals surface area contributed by atoms with Crippen LogP contribution in [0.5, 0.6) is 11.6 Å². The summed E-state index contributed by atoms with van der Waals surface area (Å²) in [5.74, 6) is -0.0758. The normalized spacial score (nSPS) is 11.5. The minimum atomic E-state index is -4.51. The summed E-state index contributed by atoms with van der Waals surface area (Å²) in [6.45, 7) is 3.88. The zero-order valence-electron chi connectivity index (χ0n) is 11.7. The van der Waals surface area contributed by atoms with Crippen LogP contribution in [0.4, 0.5) is 13.2 Å². The van der Waals surface area contributed by atoms with E-state index in [0.29, 0.717) is 23.4 Å². The van der Waals surface area contributed by atoms with E-state index < -0.39 is 17.6 Å². The molecule has 6 heteroatoms. The average molecular weight is 296 g/mol. The summed E-state index contributed by atoms with van der Waals surface area (Å²) in [4.78, 5) is 3.70. The van der Waals surface area contributed by atoms with Gasteiger partial charge in [-0.05, 0) is 42.7 Å². The first-order valence-electron chi connectivity index (χ1n) is 6.33. The maximum Gasteiger partial charge on any atom is 0.421 e. The Balaban J connectivity index is 2.44. The number of aromatic nitrogens is 1. The molecule has 0 spiro atoms. The third-order valence-electron chi connectivity index (χ3n) is 3.03. The molecule has 0 aliphatic carbocycles. The van der Waals surface area contributed by atoms with Crippen LogP contribution in [-0.2, 0) is 12.7 Å². The lowest BCUT2D eigenvalue weighted by molar-refractivity contribution is -0.138. The van der Waals surface area contributed by atoms with Gasteiger partial charge in [0, 0.05) is 12.7 Å². The molecule has 0 aliphatic rings. The smallest absolute Gasteiger partial charge is 0.421 e. The van der Waals surface area contributed by atoms with Gasteiger partial charge >= 0.3 is 6.18 Å². The molecular weight excluding hydrogens is 281 g/mol. The molecule has 0 unspecified atom stereocenters. The van der Waals surface area contributed by atoms with Crippen molar-refractivity contribution in [2.24, 2.45) is 5.73 Å². The van der Waals surface area contributed by atoms with Gasteiger partial charge in [0.2, 0.25) is 5.88 Å². The first-order chi connectivity index (χ1) is 9.82. The van der Waals surface area contributed by atoms with E-state index in [4.69, 9.17) is 10.5 Å². The first-order valence-corrected chi connectivity index (χ1v) is 6.33. The number of nitrogens with zero attached hydrogens (tertiary/aromatic N) is 1. The molecule has 1 aromatic heterocycles. The Kier molecular flexibility index (Phi) is 4.18. The van der Waals surface area contributed by atoms with Gasteiger partial charge in [0.1, 0.15) is 11.3 Å². The van der Waals surface area contributed by atoms with Crippen molar-refractivity contribution in [3.8, 4) is 11.6 Å². The second-order valence-electron chi connectivity index (χ2n) is 4.72. The Morgan fingerprint density at radius 3 is 2.33 bits per heavy atom. The van der Waals surface area contributed by atoms with Crippen molar-refractivity contribution in [3.63, 3.8) is 0 Å². The molecule has 1 aromatic carbocycles. The van der Waals surface area contributed by atoms with Gasteiger partial charge in [-0.2, -0.15) is 13.2 Å². The van der Waals surface area contributed by atoms with Crippen molar-refractivity contribution < 1.29 is 17.9 Å². The monoisotopic (exact) mass is 296 g/mol. The fraction of sp³-hybridized carbons (Fsp3) is 0.267. The molecule has 2 rings (SSSR count). The van der Waals surface area contributed by atoms with E-state index in [1.165, 1.54) is 12.3 Å². The number of hydrogen-bond acceptors (Lipinski definition) is 3. The lowest BCUT2D eigenvalue weighted by Gasteiger charge is -2.16. The summed E-state index contributed by atoms with van der Waals surface area (Å²) in [6.07, 6.45) is -3.24. The topological polar surface area (TPSA) is 48.1 Å². The number of aryl methyl sites for hydroxylation is 2. The maximum atomic E-state index is 12.9. The lowest BCUT2D eigenvalue weighted by Crippen LogP contribution is -2.09. The van der Waals surface area contributed by atoms with Crippen LogP contribution in [0.3, 0.4) is 0 Å². The molecule has 2 aromatic rings.